The number of nitrogens with one attached hydrogen (secondary N) is 1. The predicted octanol–water partition coefficient (Wildman–Crippen LogP) is 1.95. The Kier molecular flexibility index (Phi) is 4.22. The number of anilines is 1. The van der Waals surface area contributed by atoms with E-state index in [1.807, 2.05) is 6.92 Å². The van der Waals surface area contributed by atoms with E-state index in [2.05, 4.69) is 15.3 Å². The van der Waals surface area contributed by atoms with Crippen LogP contribution in [0.15, 0.2) is 41.6 Å². The molecular weight excluding hydrogens is 300 g/mol. The molecule has 3 N–H and O–H groups in total. The standard InChI is InChI=1S/C12H13ClN4O2S/c1-8(16-12-7-15-6-11(13)17-12)9-3-2-4-10(5-9)20(14,18)19/h2-8H,1H3,(H,16,17)(H2,14,18,19). The van der Waals surface area contributed by atoms with Crippen LogP contribution in [-0.4, -0.2) is 18.4 Å². The smallest absolute Gasteiger partial charge is 0.238 e. The van der Waals surface area contributed by atoms with Gasteiger partial charge in [-0.25, -0.2) is 18.5 Å². The van der Waals surface area contributed by atoms with E-state index in [1.165, 1.54) is 24.5 Å². The normalized spacial score (nSPS) is 12.9. The number of aromatic nitrogens is 2. The summed E-state index contributed by atoms with van der Waals surface area (Å²) in [5.74, 6) is 0.506. The van der Waals surface area contributed by atoms with Crippen molar-refractivity contribution in [3.63, 3.8) is 0 Å². The number of hydrogen-bond acceptors (Lipinski definition) is 5. The van der Waals surface area contributed by atoms with Crippen molar-refractivity contribution in [2.24, 2.45) is 5.14 Å². The highest BCUT2D eigenvalue weighted by molar-refractivity contribution is 7.89. The third-order valence-electron chi connectivity index (χ3n) is 2.66. The molecule has 1 atom stereocenters. The van der Waals surface area contributed by atoms with Crippen LogP contribution < -0.4 is 10.5 Å². The van der Waals surface area contributed by atoms with Crippen LogP contribution in [0.25, 0.3) is 0 Å². The Morgan fingerprint density at radius 1 is 1.35 bits per heavy atom. The molecular formula is C12H13ClN4O2S. The van der Waals surface area contributed by atoms with Crippen LogP contribution in [0.5, 0.6) is 0 Å². The van der Waals surface area contributed by atoms with Gasteiger partial charge in [0.05, 0.1) is 23.3 Å². The Bertz CT molecular complexity index is 721. The number of halogens is 1. The molecule has 0 bridgehead atoms. The number of benzene rings is 1. The lowest BCUT2D eigenvalue weighted by atomic mass is 10.1. The number of rotatable bonds is 4. The van der Waals surface area contributed by atoms with E-state index in [-0.39, 0.29) is 16.1 Å². The van der Waals surface area contributed by atoms with Gasteiger partial charge < -0.3 is 5.32 Å². The summed E-state index contributed by atoms with van der Waals surface area (Å²) in [4.78, 5) is 8.04. The first kappa shape index (κ1) is 14.7. The Balaban J connectivity index is 2.23. The zero-order chi connectivity index (χ0) is 14.8. The zero-order valence-corrected chi connectivity index (χ0v) is 12.2. The van der Waals surface area contributed by atoms with Gasteiger partial charge >= 0.3 is 0 Å². The zero-order valence-electron chi connectivity index (χ0n) is 10.6. The van der Waals surface area contributed by atoms with Crippen molar-refractivity contribution >= 4 is 27.4 Å². The first-order chi connectivity index (χ1) is 9.36. The largest absolute Gasteiger partial charge is 0.362 e. The first-order valence-electron chi connectivity index (χ1n) is 5.73. The van der Waals surface area contributed by atoms with Gasteiger partial charge in [-0.2, -0.15) is 0 Å². The molecule has 106 valence electrons. The van der Waals surface area contributed by atoms with Gasteiger partial charge in [0.25, 0.3) is 0 Å². The highest BCUT2D eigenvalue weighted by atomic mass is 35.5. The highest BCUT2D eigenvalue weighted by Crippen LogP contribution is 2.20. The maximum absolute atomic E-state index is 11.3. The van der Waals surface area contributed by atoms with E-state index in [9.17, 15) is 8.42 Å². The van der Waals surface area contributed by atoms with Gasteiger partial charge in [-0.05, 0) is 24.6 Å². The summed E-state index contributed by atoms with van der Waals surface area (Å²) in [6.45, 7) is 1.87. The van der Waals surface area contributed by atoms with Gasteiger partial charge in [-0.15, -0.1) is 0 Å². The number of primary sulfonamides is 1. The molecule has 0 saturated carbocycles. The number of sulfonamides is 1. The molecule has 0 fully saturated rings. The van der Waals surface area contributed by atoms with Crippen molar-refractivity contribution in [3.05, 3.63) is 47.4 Å². The molecule has 2 rings (SSSR count). The van der Waals surface area contributed by atoms with Gasteiger partial charge in [0.15, 0.2) is 0 Å². The topological polar surface area (TPSA) is 98.0 Å². The average Bonchev–Trinajstić information content (AvgIpc) is 2.38. The molecule has 1 aromatic heterocycles. The van der Waals surface area contributed by atoms with E-state index in [0.717, 1.165) is 5.56 Å². The van der Waals surface area contributed by atoms with Crippen molar-refractivity contribution in [2.75, 3.05) is 5.32 Å². The van der Waals surface area contributed by atoms with Crippen LogP contribution in [-0.2, 0) is 10.0 Å². The molecule has 0 aliphatic carbocycles. The molecule has 0 radical (unpaired) electrons. The fraction of sp³-hybridized carbons (Fsp3) is 0.167. The minimum atomic E-state index is -3.72. The van der Waals surface area contributed by atoms with Gasteiger partial charge in [-0.3, -0.25) is 4.98 Å². The minimum Gasteiger partial charge on any atom is -0.362 e. The van der Waals surface area contributed by atoms with E-state index < -0.39 is 10.0 Å². The van der Waals surface area contributed by atoms with Crippen molar-refractivity contribution in [1.82, 2.24) is 9.97 Å². The van der Waals surface area contributed by atoms with Crippen molar-refractivity contribution < 1.29 is 8.42 Å². The SMILES string of the molecule is CC(Nc1cncc(Cl)n1)c1cccc(S(N)(=O)=O)c1. The Labute approximate surface area is 122 Å². The maximum Gasteiger partial charge on any atom is 0.238 e. The van der Waals surface area contributed by atoms with Gasteiger partial charge in [-0.1, -0.05) is 23.7 Å². The average molecular weight is 313 g/mol. The fourth-order valence-electron chi connectivity index (χ4n) is 1.68. The van der Waals surface area contributed by atoms with Crippen LogP contribution in [0, 0.1) is 0 Å². The van der Waals surface area contributed by atoms with Crippen molar-refractivity contribution in [2.45, 2.75) is 17.9 Å². The molecule has 2 aromatic rings. The summed E-state index contributed by atoms with van der Waals surface area (Å²) in [7, 11) is -3.72. The van der Waals surface area contributed by atoms with E-state index in [1.54, 1.807) is 12.1 Å². The van der Waals surface area contributed by atoms with Crippen LogP contribution in [0.2, 0.25) is 5.15 Å². The monoisotopic (exact) mass is 312 g/mol. The first-order valence-corrected chi connectivity index (χ1v) is 7.65. The Hall–Kier alpha value is -1.70. The van der Waals surface area contributed by atoms with Crippen molar-refractivity contribution in [1.29, 1.82) is 0 Å². The summed E-state index contributed by atoms with van der Waals surface area (Å²) < 4.78 is 22.7. The number of hydrogen-bond donors (Lipinski definition) is 2. The molecule has 8 heteroatoms. The Morgan fingerprint density at radius 2 is 2.10 bits per heavy atom. The third kappa shape index (κ3) is 3.66. The number of nitrogens with zero attached hydrogens (tertiary/aromatic N) is 2. The highest BCUT2D eigenvalue weighted by Gasteiger charge is 2.12. The molecule has 0 amide bonds. The molecule has 0 saturated heterocycles. The lowest BCUT2D eigenvalue weighted by Crippen LogP contribution is -2.14. The molecule has 1 aromatic carbocycles. The summed E-state index contributed by atoms with van der Waals surface area (Å²) >= 11 is 5.75. The van der Waals surface area contributed by atoms with Crippen LogP contribution in [0.4, 0.5) is 5.82 Å². The van der Waals surface area contributed by atoms with Crippen LogP contribution in [0.3, 0.4) is 0 Å². The van der Waals surface area contributed by atoms with E-state index in [4.69, 9.17) is 16.7 Å². The second-order valence-electron chi connectivity index (χ2n) is 4.21. The number of nitrogens with two attached hydrogens (primary N) is 1. The van der Waals surface area contributed by atoms with Gasteiger partial charge in [0, 0.05) is 0 Å². The van der Waals surface area contributed by atoms with Gasteiger partial charge in [0.1, 0.15) is 11.0 Å². The second-order valence-corrected chi connectivity index (χ2v) is 6.16. The summed E-state index contributed by atoms with van der Waals surface area (Å²) in [5, 5.41) is 8.47. The fourth-order valence-corrected chi connectivity index (χ4v) is 2.39. The molecule has 1 unspecified atom stereocenters. The summed E-state index contributed by atoms with van der Waals surface area (Å²) in [6.07, 6.45) is 2.96. The molecule has 1 heterocycles. The van der Waals surface area contributed by atoms with E-state index >= 15 is 0 Å². The molecule has 0 aliphatic rings. The Morgan fingerprint density at radius 3 is 2.75 bits per heavy atom. The van der Waals surface area contributed by atoms with E-state index in [0.29, 0.717) is 5.82 Å². The molecule has 20 heavy (non-hydrogen) atoms. The molecule has 6 nitrogen and oxygen atoms in total. The lowest BCUT2D eigenvalue weighted by Gasteiger charge is -2.15. The second kappa shape index (κ2) is 5.74. The molecule has 0 spiro atoms. The third-order valence-corrected chi connectivity index (χ3v) is 3.75. The lowest BCUT2D eigenvalue weighted by molar-refractivity contribution is 0.597. The minimum absolute atomic E-state index is 0.0702. The van der Waals surface area contributed by atoms with Crippen LogP contribution >= 0.6 is 11.6 Å². The quantitative estimate of drug-likeness (QED) is 0.899. The van der Waals surface area contributed by atoms with Gasteiger partial charge in [0.2, 0.25) is 10.0 Å². The summed E-state index contributed by atoms with van der Waals surface area (Å²) in [6, 6.07) is 6.22. The predicted molar refractivity (Wildman–Crippen MR) is 76.9 cm³/mol. The maximum atomic E-state index is 11.3. The summed E-state index contributed by atoms with van der Waals surface area (Å²) in [5.41, 5.74) is 0.762. The van der Waals surface area contributed by atoms with Crippen molar-refractivity contribution in [3.8, 4) is 0 Å². The van der Waals surface area contributed by atoms with Crippen LogP contribution in [0.1, 0.15) is 18.5 Å². The molecule has 0 aliphatic heterocycles.